The summed E-state index contributed by atoms with van der Waals surface area (Å²) < 4.78 is 2.24. The van der Waals surface area contributed by atoms with E-state index >= 15 is 0 Å². The molecule has 1 aromatic heterocycles. The first-order chi connectivity index (χ1) is 9.41. The van der Waals surface area contributed by atoms with Crippen LogP contribution in [0.4, 0.5) is 0 Å². The molecule has 0 saturated carbocycles. The molecule has 2 atom stereocenters. The maximum atomic E-state index is 11.1. The molecule has 6 nitrogen and oxygen atoms in total. The van der Waals surface area contributed by atoms with Gasteiger partial charge >= 0.3 is 5.97 Å². The van der Waals surface area contributed by atoms with Crippen molar-refractivity contribution in [2.45, 2.75) is 19.9 Å². The zero-order chi connectivity index (χ0) is 14.9. The lowest BCUT2D eigenvalue weighted by Gasteiger charge is -2.17. The van der Waals surface area contributed by atoms with Gasteiger partial charge < -0.3 is 5.11 Å². The van der Waals surface area contributed by atoms with Crippen LogP contribution in [0.2, 0.25) is 5.02 Å². The summed E-state index contributed by atoms with van der Waals surface area (Å²) >= 11 is 9.29. The van der Waals surface area contributed by atoms with Crippen molar-refractivity contribution in [1.29, 1.82) is 0 Å². The van der Waals surface area contributed by atoms with Gasteiger partial charge in [0, 0.05) is 10.0 Å². The number of nitrogens with zero attached hydrogens (tertiary/aromatic N) is 4. The standard InChI is InChI=1S/C12H12BrClN4O2/c1-6(12(19)20)7(2)18-11(15-16-17-18)8-3-4-10(14)9(13)5-8/h3-7H,1-2H3,(H,19,20). The van der Waals surface area contributed by atoms with Crippen molar-refractivity contribution in [3.63, 3.8) is 0 Å². The molecule has 2 aromatic rings. The van der Waals surface area contributed by atoms with E-state index in [1.54, 1.807) is 32.0 Å². The molecule has 0 aliphatic rings. The molecule has 0 aliphatic carbocycles. The minimum atomic E-state index is -0.892. The molecule has 0 amide bonds. The van der Waals surface area contributed by atoms with Crippen molar-refractivity contribution in [2.24, 2.45) is 5.92 Å². The first-order valence-electron chi connectivity index (χ1n) is 5.88. The van der Waals surface area contributed by atoms with Crippen LogP contribution in [0.15, 0.2) is 22.7 Å². The monoisotopic (exact) mass is 358 g/mol. The molecule has 20 heavy (non-hydrogen) atoms. The fraction of sp³-hybridized carbons (Fsp3) is 0.333. The number of halogens is 2. The minimum absolute atomic E-state index is 0.369. The van der Waals surface area contributed by atoms with Crippen LogP contribution in [-0.2, 0) is 4.79 Å². The van der Waals surface area contributed by atoms with Crippen LogP contribution < -0.4 is 0 Å². The molecular weight excluding hydrogens is 348 g/mol. The van der Waals surface area contributed by atoms with E-state index in [0.29, 0.717) is 10.8 Å². The van der Waals surface area contributed by atoms with Crippen LogP contribution in [0.5, 0.6) is 0 Å². The summed E-state index contributed by atoms with van der Waals surface area (Å²) in [5.41, 5.74) is 0.760. The summed E-state index contributed by atoms with van der Waals surface area (Å²) in [5.74, 6) is -0.993. The normalized spacial score (nSPS) is 14.0. The molecule has 1 N–H and O–H groups in total. The molecule has 8 heteroatoms. The third-order valence-electron chi connectivity index (χ3n) is 3.17. The Morgan fingerprint density at radius 1 is 1.45 bits per heavy atom. The van der Waals surface area contributed by atoms with Crippen molar-refractivity contribution in [2.75, 3.05) is 0 Å². The zero-order valence-corrected chi connectivity index (χ0v) is 13.1. The fourth-order valence-electron chi connectivity index (χ4n) is 1.71. The summed E-state index contributed by atoms with van der Waals surface area (Å²) in [7, 11) is 0. The molecule has 0 fully saturated rings. The first-order valence-corrected chi connectivity index (χ1v) is 7.05. The fourth-order valence-corrected chi connectivity index (χ4v) is 2.21. The van der Waals surface area contributed by atoms with Crippen LogP contribution in [0.25, 0.3) is 11.4 Å². The molecule has 1 heterocycles. The van der Waals surface area contributed by atoms with Gasteiger partial charge in [-0.3, -0.25) is 4.79 Å². The molecule has 106 valence electrons. The Morgan fingerprint density at radius 3 is 2.75 bits per heavy atom. The number of carboxylic acids is 1. The first kappa shape index (κ1) is 14.9. The Balaban J connectivity index is 2.42. The average Bonchev–Trinajstić information content (AvgIpc) is 2.89. The molecule has 2 unspecified atom stereocenters. The van der Waals surface area contributed by atoms with Crippen LogP contribution >= 0.6 is 27.5 Å². The maximum Gasteiger partial charge on any atom is 0.308 e. The predicted octanol–water partition coefficient (Wildman–Crippen LogP) is 3.04. The maximum absolute atomic E-state index is 11.1. The predicted molar refractivity (Wildman–Crippen MR) is 77.5 cm³/mol. The number of tetrazole rings is 1. The highest BCUT2D eigenvalue weighted by Crippen LogP contribution is 2.29. The Bertz CT molecular complexity index is 646. The molecule has 1 aromatic carbocycles. The van der Waals surface area contributed by atoms with E-state index < -0.39 is 11.9 Å². The highest BCUT2D eigenvalue weighted by Gasteiger charge is 2.25. The summed E-state index contributed by atoms with van der Waals surface area (Å²) in [6, 6.07) is 4.94. The number of hydrogen-bond donors (Lipinski definition) is 1. The van der Waals surface area contributed by atoms with Crippen LogP contribution in [0.3, 0.4) is 0 Å². The van der Waals surface area contributed by atoms with Gasteiger partial charge in [0.2, 0.25) is 0 Å². The topological polar surface area (TPSA) is 80.9 Å². The van der Waals surface area contributed by atoms with E-state index in [0.717, 1.165) is 10.0 Å². The highest BCUT2D eigenvalue weighted by atomic mass is 79.9. The van der Waals surface area contributed by atoms with E-state index in [4.69, 9.17) is 16.7 Å². The van der Waals surface area contributed by atoms with Gasteiger partial charge in [-0.2, -0.15) is 0 Å². The number of rotatable bonds is 4. The molecule has 0 spiro atoms. The Morgan fingerprint density at radius 2 is 2.15 bits per heavy atom. The van der Waals surface area contributed by atoms with Gasteiger partial charge in [-0.1, -0.05) is 11.6 Å². The van der Waals surface area contributed by atoms with Crippen molar-refractivity contribution in [3.8, 4) is 11.4 Å². The third-order valence-corrected chi connectivity index (χ3v) is 4.38. The lowest BCUT2D eigenvalue weighted by molar-refractivity contribution is -0.142. The summed E-state index contributed by atoms with van der Waals surface area (Å²) in [4.78, 5) is 11.1. The molecule has 0 aliphatic heterocycles. The number of hydrogen-bond acceptors (Lipinski definition) is 4. The van der Waals surface area contributed by atoms with Gasteiger partial charge in [0.05, 0.1) is 17.0 Å². The smallest absolute Gasteiger partial charge is 0.308 e. The lowest BCUT2D eigenvalue weighted by Crippen LogP contribution is -2.23. The molecule has 0 bridgehead atoms. The molecule has 2 rings (SSSR count). The van der Waals surface area contributed by atoms with E-state index in [2.05, 4.69) is 31.5 Å². The van der Waals surface area contributed by atoms with Gasteiger partial charge in [-0.15, -0.1) is 5.10 Å². The zero-order valence-electron chi connectivity index (χ0n) is 10.8. The van der Waals surface area contributed by atoms with Crippen LogP contribution in [0.1, 0.15) is 19.9 Å². The van der Waals surface area contributed by atoms with E-state index in [9.17, 15) is 4.79 Å². The summed E-state index contributed by atoms with van der Waals surface area (Å²) in [6.45, 7) is 3.39. The Labute approximate surface area is 128 Å². The Hall–Kier alpha value is -1.47. The van der Waals surface area contributed by atoms with Crippen LogP contribution in [-0.4, -0.2) is 31.3 Å². The number of benzene rings is 1. The second kappa shape index (κ2) is 5.88. The van der Waals surface area contributed by atoms with Gasteiger partial charge in [-0.25, -0.2) is 4.68 Å². The number of carboxylic acid groups (broad SMARTS) is 1. The van der Waals surface area contributed by atoms with Gasteiger partial charge in [0.15, 0.2) is 5.82 Å². The largest absolute Gasteiger partial charge is 0.481 e. The average molecular weight is 360 g/mol. The number of aliphatic carboxylic acids is 1. The number of aromatic nitrogens is 4. The van der Waals surface area contributed by atoms with Gasteiger partial charge in [0.1, 0.15) is 0 Å². The van der Waals surface area contributed by atoms with E-state index in [1.807, 2.05) is 0 Å². The van der Waals surface area contributed by atoms with Crippen molar-refractivity contribution < 1.29 is 9.90 Å². The highest BCUT2D eigenvalue weighted by molar-refractivity contribution is 9.10. The van der Waals surface area contributed by atoms with E-state index in [-0.39, 0.29) is 6.04 Å². The SMILES string of the molecule is CC(C(=O)O)C(C)n1nnnc1-c1ccc(Cl)c(Br)c1. The van der Waals surface area contributed by atoms with E-state index in [1.165, 1.54) is 4.68 Å². The van der Waals surface area contributed by atoms with Gasteiger partial charge in [0.25, 0.3) is 0 Å². The number of carbonyl (C=O) groups is 1. The van der Waals surface area contributed by atoms with Crippen molar-refractivity contribution >= 4 is 33.5 Å². The van der Waals surface area contributed by atoms with Crippen molar-refractivity contribution in [3.05, 3.63) is 27.7 Å². The quantitative estimate of drug-likeness (QED) is 0.907. The molecule has 0 radical (unpaired) electrons. The lowest BCUT2D eigenvalue weighted by atomic mass is 10.0. The van der Waals surface area contributed by atoms with Gasteiger partial charge in [-0.05, 0) is 58.4 Å². The second-order valence-electron chi connectivity index (χ2n) is 4.44. The summed E-state index contributed by atoms with van der Waals surface area (Å²) in [5, 5.41) is 21.2. The minimum Gasteiger partial charge on any atom is -0.481 e. The molecular formula is C12H12BrClN4O2. The molecule has 0 saturated heterocycles. The third kappa shape index (κ3) is 2.83. The van der Waals surface area contributed by atoms with Crippen molar-refractivity contribution in [1.82, 2.24) is 20.2 Å². The van der Waals surface area contributed by atoms with Crippen LogP contribution in [0, 0.1) is 5.92 Å². The summed E-state index contributed by atoms with van der Waals surface area (Å²) in [6.07, 6.45) is 0. The second-order valence-corrected chi connectivity index (χ2v) is 5.71. The Kier molecular flexibility index (Phi) is 4.39.